The first-order chi connectivity index (χ1) is 19.7. The maximum atomic E-state index is 16.8. The van der Waals surface area contributed by atoms with Crippen LogP contribution in [-0.4, -0.2) is 93.3 Å². The fourth-order valence-electron chi connectivity index (χ4n) is 6.33. The molecule has 3 aliphatic heterocycles. The normalized spacial score (nSPS) is 21.5. The molecule has 0 spiro atoms. The van der Waals surface area contributed by atoms with Crippen LogP contribution in [0, 0.1) is 12.7 Å². The summed E-state index contributed by atoms with van der Waals surface area (Å²) in [4.78, 5) is 30.9. The molecule has 1 N–H and O–H groups in total. The van der Waals surface area contributed by atoms with E-state index in [1.807, 2.05) is 30.9 Å². The van der Waals surface area contributed by atoms with E-state index in [2.05, 4.69) is 38.4 Å². The van der Waals surface area contributed by atoms with Crippen LogP contribution in [0.15, 0.2) is 37.1 Å². The van der Waals surface area contributed by atoms with Crippen molar-refractivity contribution >= 4 is 51.1 Å². The highest BCUT2D eigenvalue weighted by Gasteiger charge is 2.39. The molecule has 9 nitrogen and oxygen atoms in total. The van der Waals surface area contributed by atoms with E-state index < -0.39 is 5.82 Å². The number of rotatable bonds is 5. The number of aromatic amines is 1. The minimum absolute atomic E-state index is 0.0637. The Morgan fingerprint density at radius 2 is 1.88 bits per heavy atom. The lowest BCUT2D eigenvalue weighted by molar-refractivity contribution is -0.128. The van der Waals surface area contributed by atoms with Gasteiger partial charge in [-0.1, -0.05) is 24.2 Å². The van der Waals surface area contributed by atoms with Crippen LogP contribution in [0.25, 0.3) is 32.9 Å². The SMILES string of the molecule is C=CC(=O)N1C[C@H](C)N(c2nc(N3CC(N4CC4)C3)nc3c(F)c(-c4c(C)ccc5[nH]ncc45)c(Cl)cc23)C[C@H]1C. The Morgan fingerprint density at radius 3 is 2.61 bits per heavy atom. The van der Waals surface area contributed by atoms with Gasteiger partial charge in [0.25, 0.3) is 0 Å². The Labute approximate surface area is 242 Å². The van der Waals surface area contributed by atoms with E-state index in [9.17, 15) is 4.79 Å². The zero-order valence-electron chi connectivity index (χ0n) is 23.4. The Morgan fingerprint density at radius 1 is 1.10 bits per heavy atom. The van der Waals surface area contributed by atoms with Crippen molar-refractivity contribution in [1.29, 1.82) is 0 Å². The number of hydrogen-bond donors (Lipinski definition) is 1. The number of carbonyl (C=O) groups excluding carboxylic acids is 1. The summed E-state index contributed by atoms with van der Waals surface area (Å²) in [6.45, 7) is 14.6. The van der Waals surface area contributed by atoms with Crippen LogP contribution in [0.5, 0.6) is 0 Å². The number of anilines is 2. The predicted molar refractivity (Wildman–Crippen MR) is 160 cm³/mol. The van der Waals surface area contributed by atoms with Gasteiger partial charge in [-0.05, 0) is 44.5 Å². The van der Waals surface area contributed by atoms with E-state index in [1.54, 1.807) is 12.3 Å². The monoisotopic (exact) mass is 574 g/mol. The molecule has 3 fully saturated rings. The van der Waals surface area contributed by atoms with Gasteiger partial charge in [0.2, 0.25) is 11.9 Å². The molecule has 2 aromatic carbocycles. The van der Waals surface area contributed by atoms with Crippen molar-refractivity contribution in [2.24, 2.45) is 0 Å². The first-order valence-corrected chi connectivity index (χ1v) is 14.4. The molecular formula is C30H32ClFN8O. The number of aryl methyl sites for hydroxylation is 1. The van der Waals surface area contributed by atoms with Crippen LogP contribution in [0.3, 0.4) is 0 Å². The number of nitrogens with zero attached hydrogens (tertiary/aromatic N) is 7. The number of aromatic nitrogens is 4. The number of hydrogen-bond acceptors (Lipinski definition) is 7. The third-order valence-electron chi connectivity index (χ3n) is 8.79. The van der Waals surface area contributed by atoms with Crippen molar-refractivity contribution in [2.75, 3.05) is 49.1 Å². The summed E-state index contributed by atoms with van der Waals surface area (Å²) in [7, 11) is 0. The number of amides is 1. The van der Waals surface area contributed by atoms with E-state index in [0.29, 0.717) is 47.4 Å². The summed E-state index contributed by atoms with van der Waals surface area (Å²) in [5, 5.41) is 8.80. The summed E-state index contributed by atoms with van der Waals surface area (Å²) in [5.41, 5.74) is 2.95. The lowest BCUT2D eigenvalue weighted by Crippen LogP contribution is -2.58. The molecule has 0 saturated carbocycles. The molecule has 0 aliphatic carbocycles. The molecule has 11 heteroatoms. The summed E-state index contributed by atoms with van der Waals surface area (Å²) in [6, 6.07) is 6.00. The molecule has 0 unspecified atom stereocenters. The standard InChI is InChI=1S/C30H32ClFN8O/c1-5-24(41)39-12-18(4)40(13-17(39)3)29-20-10-22(31)26(25-16(2)6-7-23-21(25)11-33-36-23)27(32)28(20)34-30(35-29)38-14-19(15-38)37-8-9-37/h5-7,10-11,17-19H,1,8-9,12-15H2,2-4H3,(H,33,36)/t17-,18+/m1/s1. The molecule has 7 rings (SSSR count). The minimum atomic E-state index is -0.474. The molecule has 1 amide bonds. The Balaban J connectivity index is 1.39. The third-order valence-corrected chi connectivity index (χ3v) is 9.09. The average molecular weight is 575 g/mol. The minimum Gasteiger partial charge on any atom is -0.349 e. The zero-order chi connectivity index (χ0) is 28.6. The van der Waals surface area contributed by atoms with Crippen molar-refractivity contribution < 1.29 is 9.18 Å². The topological polar surface area (TPSA) is 84.3 Å². The fraction of sp³-hybridized carbons (Fsp3) is 0.400. The second-order valence-electron chi connectivity index (χ2n) is 11.5. The van der Waals surface area contributed by atoms with Gasteiger partial charge in [-0.2, -0.15) is 10.1 Å². The number of nitrogens with one attached hydrogen (secondary N) is 1. The van der Waals surface area contributed by atoms with Crippen LogP contribution in [0.2, 0.25) is 5.02 Å². The number of fused-ring (bicyclic) bond motifs is 2. The molecule has 4 aromatic rings. The zero-order valence-corrected chi connectivity index (χ0v) is 24.1. The van der Waals surface area contributed by atoms with Gasteiger partial charge in [-0.15, -0.1) is 0 Å². The lowest BCUT2D eigenvalue weighted by Gasteiger charge is -2.45. The van der Waals surface area contributed by atoms with Crippen LogP contribution in [0.4, 0.5) is 16.2 Å². The molecule has 0 bridgehead atoms. The van der Waals surface area contributed by atoms with Gasteiger partial charge in [0.1, 0.15) is 11.3 Å². The molecule has 5 heterocycles. The second kappa shape index (κ2) is 9.66. The van der Waals surface area contributed by atoms with E-state index >= 15 is 4.39 Å². The molecule has 212 valence electrons. The summed E-state index contributed by atoms with van der Waals surface area (Å²) >= 11 is 6.92. The largest absolute Gasteiger partial charge is 0.349 e. The molecular weight excluding hydrogens is 543 g/mol. The van der Waals surface area contributed by atoms with Gasteiger partial charge in [-0.25, -0.2) is 9.37 Å². The van der Waals surface area contributed by atoms with Crippen LogP contribution in [-0.2, 0) is 4.79 Å². The summed E-state index contributed by atoms with van der Waals surface area (Å²) in [5.74, 6) is 0.580. The maximum absolute atomic E-state index is 16.8. The van der Waals surface area contributed by atoms with E-state index in [1.165, 1.54) is 6.08 Å². The van der Waals surface area contributed by atoms with E-state index in [-0.39, 0.29) is 28.5 Å². The Hall–Kier alpha value is -3.76. The van der Waals surface area contributed by atoms with Crippen molar-refractivity contribution in [2.45, 2.75) is 38.9 Å². The Bertz CT molecular complexity index is 1710. The predicted octanol–water partition coefficient (Wildman–Crippen LogP) is 4.39. The van der Waals surface area contributed by atoms with Crippen LogP contribution < -0.4 is 9.80 Å². The number of halogens is 2. The van der Waals surface area contributed by atoms with Gasteiger partial charge < -0.3 is 14.7 Å². The van der Waals surface area contributed by atoms with Crippen molar-refractivity contribution in [1.82, 2.24) is 30.0 Å². The van der Waals surface area contributed by atoms with Gasteiger partial charge in [0, 0.05) is 79.3 Å². The molecule has 3 saturated heterocycles. The van der Waals surface area contributed by atoms with Gasteiger partial charge in [-0.3, -0.25) is 14.8 Å². The van der Waals surface area contributed by atoms with Gasteiger partial charge >= 0.3 is 0 Å². The van der Waals surface area contributed by atoms with Gasteiger partial charge in [0.15, 0.2) is 5.82 Å². The highest BCUT2D eigenvalue weighted by molar-refractivity contribution is 6.35. The maximum Gasteiger partial charge on any atom is 0.246 e. The summed E-state index contributed by atoms with van der Waals surface area (Å²) < 4.78 is 16.8. The lowest BCUT2D eigenvalue weighted by atomic mass is 9.95. The number of benzene rings is 2. The average Bonchev–Trinajstić information content (AvgIpc) is 3.64. The highest BCUT2D eigenvalue weighted by Crippen LogP contribution is 2.43. The van der Waals surface area contributed by atoms with Crippen molar-refractivity contribution in [3.05, 3.63) is 53.5 Å². The quantitative estimate of drug-likeness (QED) is 0.279. The highest BCUT2D eigenvalue weighted by atomic mass is 35.5. The molecule has 2 atom stereocenters. The molecule has 41 heavy (non-hydrogen) atoms. The Kier molecular flexibility index (Phi) is 6.17. The van der Waals surface area contributed by atoms with Gasteiger partial charge in [0.05, 0.1) is 16.7 Å². The fourth-order valence-corrected chi connectivity index (χ4v) is 6.62. The third kappa shape index (κ3) is 4.23. The number of H-pyrrole nitrogens is 1. The first-order valence-electron chi connectivity index (χ1n) is 14.1. The number of piperazine rings is 1. The van der Waals surface area contributed by atoms with Crippen molar-refractivity contribution in [3.8, 4) is 11.1 Å². The van der Waals surface area contributed by atoms with Crippen molar-refractivity contribution in [3.63, 3.8) is 0 Å². The molecule has 0 radical (unpaired) electrons. The smallest absolute Gasteiger partial charge is 0.246 e. The number of carbonyl (C=O) groups is 1. The van der Waals surface area contributed by atoms with E-state index in [4.69, 9.17) is 21.6 Å². The molecule has 2 aromatic heterocycles. The first kappa shape index (κ1) is 26.2. The van der Waals surface area contributed by atoms with Crippen LogP contribution in [0.1, 0.15) is 19.4 Å². The second-order valence-corrected chi connectivity index (χ2v) is 11.9. The van der Waals surface area contributed by atoms with E-state index in [0.717, 1.165) is 42.6 Å². The summed E-state index contributed by atoms with van der Waals surface area (Å²) in [6.07, 6.45) is 3.06. The van der Waals surface area contributed by atoms with Crippen LogP contribution >= 0.6 is 11.6 Å². The molecule has 3 aliphatic rings.